The van der Waals surface area contributed by atoms with E-state index in [9.17, 15) is 4.79 Å². The predicted molar refractivity (Wildman–Crippen MR) is 115 cm³/mol. The van der Waals surface area contributed by atoms with Crippen LogP contribution < -0.4 is 10.6 Å². The van der Waals surface area contributed by atoms with E-state index in [0.717, 1.165) is 51.9 Å². The molecule has 0 spiro atoms. The SMILES string of the molecule is CO[C@@H]1C[C@@H](C(=O)N2CCCN(c3ccccc3C)CC2)CC[C@H]1N.Cl.Cl. The second kappa shape index (κ2) is 11.1. The summed E-state index contributed by atoms with van der Waals surface area (Å²) in [4.78, 5) is 17.5. The summed E-state index contributed by atoms with van der Waals surface area (Å²) in [5.41, 5.74) is 8.68. The highest BCUT2D eigenvalue weighted by molar-refractivity contribution is 5.85. The number of ether oxygens (including phenoxy) is 1. The Balaban J connectivity index is 0.00000182. The number of para-hydroxylation sites is 1. The van der Waals surface area contributed by atoms with Crippen molar-refractivity contribution in [2.45, 2.75) is 44.8 Å². The van der Waals surface area contributed by atoms with E-state index in [1.165, 1.54) is 11.3 Å². The van der Waals surface area contributed by atoms with Gasteiger partial charge in [-0.05, 0) is 44.2 Å². The van der Waals surface area contributed by atoms with Crippen molar-refractivity contribution in [3.63, 3.8) is 0 Å². The molecule has 27 heavy (non-hydrogen) atoms. The minimum atomic E-state index is 0. The fourth-order valence-corrected chi connectivity index (χ4v) is 4.20. The predicted octanol–water partition coefficient (Wildman–Crippen LogP) is 3.02. The molecule has 2 N–H and O–H groups in total. The third-order valence-electron chi connectivity index (χ3n) is 5.76. The van der Waals surface area contributed by atoms with Crippen molar-refractivity contribution in [2.24, 2.45) is 11.7 Å². The van der Waals surface area contributed by atoms with Gasteiger partial charge < -0.3 is 20.3 Å². The number of benzene rings is 1. The average molecular weight is 418 g/mol. The minimum Gasteiger partial charge on any atom is -0.380 e. The first-order valence-corrected chi connectivity index (χ1v) is 9.48. The lowest BCUT2D eigenvalue weighted by Gasteiger charge is -2.35. The van der Waals surface area contributed by atoms with Crippen LogP contribution in [0.5, 0.6) is 0 Å². The lowest BCUT2D eigenvalue weighted by Crippen LogP contribution is -2.47. The van der Waals surface area contributed by atoms with Gasteiger partial charge in [0.1, 0.15) is 0 Å². The highest BCUT2D eigenvalue weighted by Gasteiger charge is 2.34. The number of amides is 1. The number of methoxy groups -OCH3 is 1. The Morgan fingerprint density at radius 1 is 1.11 bits per heavy atom. The molecule has 0 aromatic heterocycles. The van der Waals surface area contributed by atoms with Gasteiger partial charge in [-0.25, -0.2) is 0 Å². The maximum atomic E-state index is 13.0. The first-order chi connectivity index (χ1) is 12.1. The highest BCUT2D eigenvalue weighted by atomic mass is 35.5. The van der Waals surface area contributed by atoms with Gasteiger partial charge in [0, 0.05) is 50.9 Å². The fraction of sp³-hybridized carbons (Fsp3) is 0.650. The number of hydrogen-bond donors (Lipinski definition) is 1. The lowest BCUT2D eigenvalue weighted by atomic mass is 9.83. The zero-order valence-corrected chi connectivity index (χ0v) is 17.9. The third kappa shape index (κ3) is 5.74. The molecule has 1 aliphatic carbocycles. The molecule has 1 aliphatic heterocycles. The van der Waals surface area contributed by atoms with Gasteiger partial charge in [-0.3, -0.25) is 4.79 Å². The van der Waals surface area contributed by atoms with Crippen molar-refractivity contribution >= 4 is 36.4 Å². The number of hydrogen-bond acceptors (Lipinski definition) is 4. The van der Waals surface area contributed by atoms with Crippen LogP contribution in [-0.4, -0.2) is 56.2 Å². The monoisotopic (exact) mass is 417 g/mol. The maximum absolute atomic E-state index is 13.0. The lowest BCUT2D eigenvalue weighted by molar-refractivity contribution is -0.138. The van der Waals surface area contributed by atoms with Gasteiger partial charge in [0.15, 0.2) is 0 Å². The van der Waals surface area contributed by atoms with E-state index < -0.39 is 0 Å². The molecule has 0 radical (unpaired) electrons. The molecule has 7 heteroatoms. The van der Waals surface area contributed by atoms with Crippen molar-refractivity contribution in [2.75, 3.05) is 38.2 Å². The van der Waals surface area contributed by atoms with Crippen LogP contribution in [0, 0.1) is 12.8 Å². The molecule has 1 aromatic rings. The summed E-state index contributed by atoms with van der Waals surface area (Å²) < 4.78 is 5.48. The smallest absolute Gasteiger partial charge is 0.225 e. The van der Waals surface area contributed by atoms with Crippen LogP contribution in [0.4, 0.5) is 5.69 Å². The molecular weight excluding hydrogens is 385 g/mol. The zero-order valence-electron chi connectivity index (χ0n) is 16.3. The number of carbonyl (C=O) groups is 1. The van der Waals surface area contributed by atoms with Crippen molar-refractivity contribution in [3.8, 4) is 0 Å². The van der Waals surface area contributed by atoms with E-state index in [1.807, 2.05) is 0 Å². The Hall–Kier alpha value is -1.01. The summed E-state index contributed by atoms with van der Waals surface area (Å²) in [6.45, 7) is 5.70. The number of carbonyl (C=O) groups excluding carboxylic acids is 1. The highest BCUT2D eigenvalue weighted by Crippen LogP contribution is 2.28. The Morgan fingerprint density at radius 3 is 2.56 bits per heavy atom. The van der Waals surface area contributed by atoms with Crippen LogP contribution in [0.15, 0.2) is 24.3 Å². The number of nitrogens with two attached hydrogens (primary N) is 1. The van der Waals surface area contributed by atoms with Gasteiger partial charge >= 0.3 is 0 Å². The Kier molecular flexibility index (Phi) is 9.88. The summed E-state index contributed by atoms with van der Waals surface area (Å²) in [6.07, 6.45) is 3.54. The van der Waals surface area contributed by atoms with Crippen LogP contribution in [0.3, 0.4) is 0 Å². The second-order valence-electron chi connectivity index (χ2n) is 7.40. The fourth-order valence-electron chi connectivity index (χ4n) is 4.20. The van der Waals surface area contributed by atoms with Crippen molar-refractivity contribution < 1.29 is 9.53 Å². The zero-order chi connectivity index (χ0) is 17.8. The third-order valence-corrected chi connectivity index (χ3v) is 5.76. The van der Waals surface area contributed by atoms with E-state index in [4.69, 9.17) is 10.5 Å². The van der Waals surface area contributed by atoms with Crippen LogP contribution in [0.25, 0.3) is 0 Å². The molecular formula is C20H33Cl2N3O2. The molecule has 5 nitrogen and oxygen atoms in total. The summed E-state index contributed by atoms with van der Waals surface area (Å²) in [5, 5.41) is 0. The van der Waals surface area contributed by atoms with E-state index in [1.54, 1.807) is 7.11 Å². The Labute approximate surface area is 175 Å². The first kappa shape index (κ1) is 24.0. The Bertz CT molecular complexity index is 602. The van der Waals surface area contributed by atoms with Crippen molar-refractivity contribution in [1.29, 1.82) is 0 Å². The number of nitrogens with zero attached hydrogens (tertiary/aromatic N) is 2. The molecule has 3 rings (SSSR count). The molecule has 0 bridgehead atoms. The van der Waals surface area contributed by atoms with Crippen molar-refractivity contribution in [1.82, 2.24) is 4.90 Å². The van der Waals surface area contributed by atoms with Gasteiger partial charge in [-0.2, -0.15) is 0 Å². The van der Waals surface area contributed by atoms with Gasteiger partial charge in [0.05, 0.1) is 6.10 Å². The molecule has 3 atom stereocenters. The number of halogens is 2. The maximum Gasteiger partial charge on any atom is 0.225 e. The van der Waals surface area contributed by atoms with Gasteiger partial charge in [-0.1, -0.05) is 18.2 Å². The molecule has 1 saturated heterocycles. The molecule has 2 fully saturated rings. The summed E-state index contributed by atoms with van der Waals surface area (Å²) >= 11 is 0. The molecule has 1 heterocycles. The standard InChI is InChI=1S/C20H31N3O2.2ClH/c1-15-6-3-4-7-18(15)22-10-5-11-23(13-12-22)20(24)16-8-9-17(21)19(14-16)25-2;;/h3-4,6-7,16-17,19H,5,8-14,21H2,1-2H3;2*1H/t16-,17+,19+;;/m0../s1. The number of anilines is 1. The van der Waals surface area contributed by atoms with E-state index in [-0.39, 0.29) is 42.9 Å². The number of rotatable bonds is 3. The van der Waals surface area contributed by atoms with Crippen LogP contribution in [0.1, 0.15) is 31.2 Å². The van der Waals surface area contributed by atoms with Crippen molar-refractivity contribution in [3.05, 3.63) is 29.8 Å². The molecule has 0 unspecified atom stereocenters. The normalized spacial score (nSPS) is 25.8. The first-order valence-electron chi connectivity index (χ1n) is 9.48. The quantitative estimate of drug-likeness (QED) is 0.820. The average Bonchev–Trinajstić information content (AvgIpc) is 2.88. The van der Waals surface area contributed by atoms with E-state index in [2.05, 4.69) is 41.0 Å². The topological polar surface area (TPSA) is 58.8 Å². The molecule has 1 saturated carbocycles. The summed E-state index contributed by atoms with van der Waals surface area (Å²) in [6, 6.07) is 8.56. The Morgan fingerprint density at radius 2 is 1.85 bits per heavy atom. The van der Waals surface area contributed by atoms with Crippen LogP contribution >= 0.6 is 24.8 Å². The molecule has 154 valence electrons. The van der Waals surface area contributed by atoms with E-state index >= 15 is 0 Å². The van der Waals surface area contributed by atoms with Gasteiger partial charge in [-0.15, -0.1) is 24.8 Å². The largest absolute Gasteiger partial charge is 0.380 e. The number of aryl methyl sites for hydroxylation is 1. The van der Waals surface area contributed by atoms with E-state index in [0.29, 0.717) is 5.91 Å². The van der Waals surface area contributed by atoms with Crippen LogP contribution in [-0.2, 0) is 9.53 Å². The second-order valence-corrected chi connectivity index (χ2v) is 7.40. The van der Waals surface area contributed by atoms with Crippen LogP contribution in [0.2, 0.25) is 0 Å². The summed E-state index contributed by atoms with van der Waals surface area (Å²) in [5.74, 6) is 0.357. The molecule has 2 aliphatic rings. The summed E-state index contributed by atoms with van der Waals surface area (Å²) in [7, 11) is 1.70. The van der Waals surface area contributed by atoms with Gasteiger partial charge in [0.2, 0.25) is 5.91 Å². The molecule has 1 aromatic carbocycles. The minimum absolute atomic E-state index is 0. The molecule has 1 amide bonds. The van der Waals surface area contributed by atoms with Gasteiger partial charge in [0.25, 0.3) is 0 Å².